The summed E-state index contributed by atoms with van der Waals surface area (Å²) >= 11 is 0. The fraction of sp³-hybridized carbons (Fsp3) is 0.875. The normalized spacial score (nSPS) is 26.5. The molecule has 0 radical (unpaired) electrons. The highest BCUT2D eigenvalue weighted by Gasteiger charge is 2.61. The minimum Gasteiger partial charge on any atom is -0.444 e. The molecular formula is C16H26N2O4. The molecule has 3 fully saturated rings. The van der Waals surface area contributed by atoms with Crippen molar-refractivity contribution >= 4 is 12.0 Å². The third-order valence-corrected chi connectivity index (χ3v) is 4.70. The van der Waals surface area contributed by atoms with Gasteiger partial charge in [-0.3, -0.25) is 4.79 Å². The molecule has 0 unspecified atom stereocenters. The predicted molar refractivity (Wildman–Crippen MR) is 80.5 cm³/mol. The highest BCUT2D eigenvalue weighted by molar-refractivity contribution is 5.88. The number of likely N-dealkylation sites (N-methyl/N-ethyl adjacent to an activating group) is 1. The van der Waals surface area contributed by atoms with E-state index in [1.807, 2.05) is 27.8 Å². The van der Waals surface area contributed by atoms with Crippen LogP contribution in [0.15, 0.2) is 0 Å². The van der Waals surface area contributed by atoms with Crippen LogP contribution in [0.1, 0.15) is 46.5 Å². The van der Waals surface area contributed by atoms with Gasteiger partial charge in [-0.1, -0.05) is 0 Å². The topological polar surface area (TPSA) is 59.1 Å². The number of rotatable bonds is 0. The van der Waals surface area contributed by atoms with Gasteiger partial charge in [0, 0.05) is 26.7 Å². The standard InChI is InChI=1S/C16H26N2O4/c1-14(2,3)21-13(20)18-9-7-15(8-10-18)11-17(4)12(19)16(22-15)5-6-16/h5-11H2,1-4H3. The van der Waals surface area contributed by atoms with Crippen molar-refractivity contribution in [2.45, 2.75) is 63.3 Å². The Morgan fingerprint density at radius 3 is 2.27 bits per heavy atom. The van der Waals surface area contributed by atoms with Gasteiger partial charge >= 0.3 is 6.09 Å². The smallest absolute Gasteiger partial charge is 0.410 e. The second kappa shape index (κ2) is 4.85. The SMILES string of the molecule is CN1CC2(CCN(C(=O)OC(C)(C)C)CC2)OC2(CC2)C1=O. The second-order valence-corrected chi connectivity index (χ2v) is 7.91. The van der Waals surface area contributed by atoms with Crippen molar-refractivity contribution in [3.05, 3.63) is 0 Å². The minimum atomic E-state index is -0.554. The minimum absolute atomic E-state index is 0.118. The van der Waals surface area contributed by atoms with E-state index in [2.05, 4.69) is 0 Å². The van der Waals surface area contributed by atoms with Gasteiger partial charge in [-0.25, -0.2) is 4.79 Å². The third-order valence-electron chi connectivity index (χ3n) is 4.70. The van der Waals surface area contributed by atoms with Crippen LogP contribution in [0, 0.1) is 0 Å². The van der Waals surface area contributed by atoms with Crippen molar-refractivity contribution in [2.24, 2.45) is 0 Å². The van der Waals surface area contributed by atoms with Crippen LogP contribution in [0.25, 0.3) is 0 Å². The molecule has 2 heterocycles. The molecule has 3 aliphatic rings. The van der Waals surface area contributed by atoms with Crippen LogP contribution in [0.2, 0.25) is 0 Å². The number of hydrogen-bond acceptors (Lipinski definition) is 4. The zero-order valence-corrected chi connectivity index (χ0v) is 14.0. The van der Waals surface area contributed by atoms with Crippen molar-refractivity contribution in [1.82, 2.24) is 9.80 Å². The van der Waals surface area contributed by atoms with Gasteiger partial charge in [-0.15, -0.1) is 0 Å². The Hall–Kier alpha value is -1.30. The molecule has 0 aromatic heterocycles. The van der Waals surface area contributed by atoms with Gasteiger partial charge < -0.3 is 19.3 Å². The molecule has 3 rings (SSSR count). The van der Waals surface area contributed by atoms with Gasteiger partial charge in [0.25, 0.3) is 5.91 Å². The summed E-state index contributed by atoms with van der Waals surface area (Å²) in [6.45, 7) is 7.48. The van der Waals surface area contributed by atoms with Crippen LogP contribution in [-0.4, -0.2) is 65.3 Å². The average molecular weight is 310 g/mol. The third kappa shape index (κ3) is 2.81. The average Bonchev–Trinajstić information content (AvgIpc) is 3.15. The zero-order chi connectivity index (χ0) is 16.2. The van der Waals surface area contributed by atoms with Crippen LogP contribution in [-0.2, 0) is 14.3 Å². The molecule has 0 aromatic rings. The van der Waals surface area contributed by atoms with Gasteiger partial charge in [0.15, 0.2) is 0 Å². The molecule has 1 saturated carbocycles. The molecule has 2 saturated heterocycles. The fourth-order valence-corrected chi connectivity index (χ4v) is 3.46. The largest absolute Gasteiger partial charge is 0.444 e. The maximum Gasteiger partial charge on any atom is 0.410 e. The lowest BCUT2D eigenvalue weighted by atomic mass is 9.88. The van der Waals surface area contributed by atoms with E-state index in [1.165, 1.54) is 0 Å². The summed E-state index contributed by atoms with van der Waals surface area (Å²) in [7, 11) is 1.85. The van der Waals surface area contributed by atoms with E-state index in [4.69, 9.17) is 9.47 Å². The van der Waals surface area contributed by atoms with E-state index in [0.29, 0.717) is 19.6 Å². The molecule has 0 bridgehead atoms. The van der Waals surface area contributed by atoms with Gasteiger partial charge in [-0.2, -0.15) is 0 Å². The maximum atomic E-state index is 12.2. The highest BCUT2D eigenvalue weighted by Crippen LogP contribution is 2.49. The van der Waals surface area contributed by atoms with E-state index >= 15 is 0 Å². The molecule has 0 aromatic carbocycles. The van der Waals surface area contributed by atoms with Crippen molar-refractivity contribution in [1.29, 1.82) is 0 Å². The molecule has 0 N–H and O–H groups in total. The molecule has 1 aliphatic carbocycles. The Balaban J connectivity index is 1.62. The first-order valence-corrected chi connectivity index (χ1v) is 8.09. The Labute approximate surface area is 131 Å². The molecule has 2 spiro atoms. The van der Waals surface area contributed by atoms with E-state index in [9.17, 15) is 9.59 Å². The first-order valence-electron chi connectivity index (χ1n) is 8.09. The summed E-state index contributed by atoms with van der Waals surface area (Å²) in [4.78, 5) is 27.9. The van der Waals surface area contributed by atoms with Crippen molar-refractivity contribution in [3.63, 3.8) is 0 Å². The monoisotopic (exact) mass is 310 g/mol. The quantitative estimate of drug-likeness (QED) is 0.684. The number of ether oxygens (including phenoxy) is 2. The molecule has 22 heavy (non-hydrogen) atoms. The summed E-state index contributed by atoms with van der Waals surface area (Å²) in [6.07, 6.45) is 2.90. The molecule has 124 valence electrons. The Kier molecular flexibility index (Phi) is 3.43. The van der Waals surface area contributed by atoms with Crippen molar-refractivity contribution in [2.75, 3.05) is 26.7 Å². The first kappa shape index (κ1) is 15.6. The lowest BCUT2D eigenvalue weighted by molar-refractivity contribution is -0.197. The summed E-state index contributed by atoms with van der Waals surface area (Å²) in [6, 6.07) is 0. The van der Waals surface area contributed by atoms with Crippen LogP contribution in [0.4, 0.5) is 4.79 Å². The fourth-order valence-electron chi connectivity index (χ4n) is 3.46. The molecular weight excluding hydrogens is 284 g/mol. The summed E-state index contributed by atoms with van der Waals surface area (Å²) in [5, 5.41) is 0. The number of amides is 2. The summed E-state index contributed by atoms with van der Waals surface area (Å²) in [5.74, 6) is 0.118. The molecule has 0 atom stereocenters. The van der Waals surface area contributed by atoms with E-state index in [-0.39, 0.29) is 17.6 Å². The highest BCUT2D eigenvalue weighted by atomic mass is 16.6. The van der Waals surface area contributed by atoms with Crippen molar-refractivity contribution in [3.8, 4) is 0 Å². The molecule has 2 aliphatic heterocycles. The number of likely N-dealkylation sites (tertiary alicyclic amines) is 1. The van der Waals surface area contributed by atoms with Gasteiger partial charge in [0.05, 0.1) is 5.60 Å². The van der Waals surface area contributed by atoms with Gasteiger partial charge in [-0.05, 0) is 46.5 Å². The predicted octanol–water partition coefficient (Wildman–Crippen LogP) is 1.78. The summed E-state index contributed by atoms with van der Waals surface area (Å²) in [5.41, 5.74) is -1.32. The van der Waals surface area contributed by atoms with Crippen LogP contribution in [0.3, 0.4) is 0 Å². The maximum absolute atomic E-state index is 12.2. The lowest BCUT2D eigenvalue weighted by Crippen LogP contribution is -2.62. The zero-order valence-electron chi connectivity index (χ0n) is 14.0. The summed E-state index contributed by atoms with van der Waals surface area (Å²) < 4.78 is 11.7. The first-order chi connectivity index (χ1) is 10.1. The number of nitrogens with zero attached hydrogens (tertiary/aromatic N) is 2. The Bertz CT molecular complexity index is 485. The van der Waals surface area contributed by atoms with Gasteiger partial charge in [0.2, 0.25) is 0 Å². The van der Waals surface area contributed by atoms with Crippen LogP contribution >= 0.6 is 0 Å². The second-order valence-electron chi connectivity index (χ2n) is 7.91. The van der Waals surface area contributed by atoms with Gasteiger partial charge in [0.1, 0.15) is 11.2 Å². The van der Waals surface area contributed by atoms with E-state index in [1.54, 1.807) is 9.80 Å². The number of carbonyl (C=O) groups excluding carboxylic acids is 2. The Morgan fingerprint density at radius 1 is 1.18 bits per heavy atom. The van der Waals surface area contributed by atoms with E-state index in [0.717, 1.165) is 25.7 Å². The van der Waals surface area contributed by atoms with Crippen LogP contribution < -0.4 is 0 Å². The molecule has 2 amide bonds. The van der Waals surface area contributed by atoms with E-state index < -0.39 is 11.2 Å². The van der Waals surface area contributed by atoms with Crippen molar-refractivity contribution < 1.29 is 19.1 Å². The molecule has 6 heteroatoms. The molecule has 6 nitrogen and oxygen atoms in total. The number of morpholine rings is 1. The number of hydrogen-bond donors (Lipinski definition) is 0. The van der Waals surface area contributed by atoms with Crippen LogP contribution in [0.5, 0.6) is 0 Å². The number of carbonyl (C=O) groups is 2. The Morgan fingerprint density at radius 2 is 1.77 bits per heavy atom. The lowest BCUT2D eigenvalue weighted by Gasteiger charge is -2.49. The number of piperidine rings is 1.